The second-order valence-electron chi connectivity index (χ2n) is 11.0. The van der Waals surface area contributed by atoms with Crippen LogP contribution in [-0.4, -0.2) is 56.3 Å². The molecule has 11 heteroatoms. The van der Waals surface area contributed by atoms with Gasteiger partial charge in [0, 0.05) is 19.0 Å². The van der Waals surface area contributed by atoms with E-state index in [0.29, 0.717) is 36.4 Å². The van der Waals surface area contributed by atoms with Crippen LogP contribution in [0.15, 0.2) is 30.6 Å². The SMILES string of the molecule is CC(C)(C)OC(=O)N1CC[C@H](Oc2ccc3ncnc(Nc4ccc(OC5(C)CCC5)c(F)c4F)c3n2)C1. The number of rotatable bonds is 6. The highest BCUT2D eigenvalue weighted by Gasteiger charge is 2.35. The molecule has 38 heavy (non-hydrogen) atoms. The number of hydrogen-bond acceptors (Lipinski definition) is 8. The molecule has 5 rings (SSSR count). The summed E-state index contributed by atoms with van der Waals surface area (Å²) in [6, 6.07) is 6.20. The molecule has 3 aromatic rings. The molecule has 0 spiro atoms. The van der Waals surface area contributed by atoms with Gasteiger partial charge in [-0.3, -0.25) is 0 Å². The number of aromatic nitrogens is 3. The number of anilines is 2. The molecule has 3 heterocycles. The number of halogens is 2. The van der Waals surface area contributed by atoms with Crippen LogP contribution in [0, 0.1) is 11.6 Å². The summed E-state index contributed by atoms with van der Waals surface area (Å²) >= 11 is 0. The Balaban J connectivity index is 1.31. The van der Waals surface area contributed by atoms with Crippen molar-refractivity contribution in [3.05, 3.63) is 42.2 Å². The predicted molar refractivity (Wildman–Crippen MR) is 137 cm³/mol. The Morgan fingerprint density at radius 1 is 1.13 bits per heavy atom. The van der Waals surface area contributed by atoms with Gasteiger partial charge in [-0.1, -0.05) is 0 Å². The van der Waals surface area contributed by atoms with Crippen LogP contribution in [0.1, 0.15) is 53.4 Å². The Morgan fingerprint density at radius 2 is 1.92 bits per heavy atom. The summed E-state index contributed by atoms with van der Waals surface area (Å²) < 4.78 is 46.9. The van der Waals surface area contributed by atoms with Gasteiger partial charge in [-0.05, 0) is 65.2 Å². The maximum Gasteiger partial charge on any atom is 0.410 e. The zero-order valence-corrected chi connectivity index (χ0v) is 21.9. The highest BCUT2D eigenvalue weighted by atomic mass is 19.2. The summed E-state index contributed by atoms with van der Waals surface area (Å²) in [6.07, 6.45) is 3.88. The number of fused-ring (bicyclic) bond motifs is 1. The first-order valence-electron chi connectivity index (χ1n) is 12.7. The number of hydrogen-bond donors (Lipinski definition) is 1. The van der Waals surface area contributed by atoms with Crippen molar-refractivity contribution in [1.82, 2.24) is 19.9 Å². The first-order chi connectivity index (χ1) is 18.0. The zero-order chi connectivity index (χ0) is 27.1. The lowest BCUT2D eigenvalue weighted by Gasteiger charge is -2.38. The number of likely N-dealkylation sites (tertiary alicyclic amines) is 1. The van der Waals surface area contributed by atoms with E-state index in [1.807, 2.05) is 27.7 Å². The van der Waals surface area contributed by atoms with E-state index in [2.05, 4.69) is 20.3 Å². The monoisotopic (exact) mass is 527 g/mol. The maximum atomic E-state index is 15.0. The molecule has 2 fully saturated rings. The minimum atomic E-state index is -1.07. The molecule has 1 N–H and O–H groups in total. The van der Waals surface area contributed by atoms with Crippen LogP contribution < -0.4 is 14.8 Å². The molecule has 202 valence electrons. The molecule has 0 bridgehead atoms. The number of nitrogens with one attached hydrogen (secondary N) is 1. The summed E-state index contributed by atoms with van der Waals surface area (Å²) in [6.45, 7) is 8.22. The van der Waals surface area contributed by atoms with E-state index in [1.165, 1.54) is 18.5 Å². The van der Waals surface area contributed by atoms with Crippen molar-refractivity contribution in [1.29, 1.82) is 0 Å². The second kappa shape index (κ2) is 9.85. The molecule has 1 saturated heterocycles. The third-order valence-electron chi connectivity index (χ3n) is 6.61. The number of carbonyl (C=O) groups excluding carboxylic acids is 1. The number of benzene rings is 1. The predicted octanol–water partition coefficient (Wildman–Crippen LogP) is 5.76. The molecule has 1 aliphatic carbocycles. The second-order valence-corrected chi connectivity index (χ2v) is 11.0. The molecule has 0 radical (unpaired) electrons. The lowest BCUT2D eigenvalue weighted by molar-refractivity contribution is 0.00742. The molecule has 9 nitrogen and oxygen atoms in total. The average molecular weight is 528 g/mol. The van der Waals surface area contributed by atoms with Crippen LogP contribution in [0.2, 0.25) is 0 Å². The topological polar surface area (TPSA) is 98.7 Å². The minimum Gasteiger partial charge on any atom is -0.484 e. The van der Waals surface area contributed by atoms with Crippen molar-refractivity contribution in [3.63, 3.8) is 0 Å². The molecular weight excluding hydrogens is 496 g/mol. The minimum absolute atomic E-state index is 0.106. The fourth-order valence-electron chi connectivity index (χ4n) is 4.44. The van der Waals surface area contributed by atoms with E-state index >= 15 is 0 Å². The quantitative estimate of drug-likeness (QED) is 0.432. The molecule has 1 atom stereocenters. The van der Waals surface area contributed by atoms with Crippen LogP contribution in [0.25, 0.3) is 11.0 Å². The van der Waals surface area contributed by atoms with Gasteiger partial charge in [-0.2, -0.15) is 4.39 Å². The normalized spacial score (nSPS) is 18.7. The first kappa shape index (κ1) is 25.9. The fraction of sp³-hybridized carbons (Fsp3) is 0.481. The van der Waals surface area contributed by atoms with Gasteiger partial charge in [-0.15, -0.1) is 0 Å². The van der Waals surface area contributed by atoms with Crippen molar-refractivity contribution < 1.29 is 27.8 Å². The van der Waals surface area contributed by atoms with Crippen molar-refractivity contribution in [2.75, 3.05) is 18.4 Å². The number of ether oxygens (including phenoxy) is 3. The summed E-state index contributed by atoms with van der Waals surface area (Å²) in [5, 5.41) is 2.83. The molecule has 1 aliphatic heterocycles. The van der Waals surface area contributed by atoms with Gasteiger partial charge in [0.2, 0.25) is 11.7 Å². The van der Waals surface area contributed by atoms with E-state index in [9.17, 15) is 13.6 Å². The lowest BCUT2D eigenvalue weighted by atomic mass is 9.82. The Hall–Kier alpha value is -3.76. The lowest BCUT2D eigenvalue weighted by Crippen LogP contribution is -2.39. The number of nitrogens with zero attached hydrogens (tertiary/aromatic N) is 4. The van der Waals surface area contributed by atoms with Gasteiger partial charge in [0.05, 0.1) is 17.7 Å². The Labute approximate surface area is 219 Å². The highest BCUT2D eigenvalue weighted by molar-refractivity contribution is 5.87. The Bertz CT molecular complexity index is 1360. The van der Waals surface area contributed by atoms with Crippen LogP contribution >= 0.6 is 0 Å². The van der Waals surface area contributed by atoms with E-state index < -0.39 is 22.8 Å². The van der Waals surface area contributed by atoms with Gasteiger partial charge in [0.15, 0.2) is 17.4 Å². The van der Waals surface area contributed by atoms with Gasteiger partial charge in [0.1, 0.15) is 29.2 Å². The molecular formula is C27H31F2N5O4. The van der Waals surface area contributed by atoms with Crippen molar-refractivity contribution in [2.45, 2.75) is 70.7 Å². The summed E-state index contributed by atoms with van der Waals surface area (Å²) in [5.74, 6) is -1.75. The molecule has 1 amide bonds. The van der Waals surface area contributed by atoms with E-state index in [1.54, 1.807) is 17.0 Å². The van der Waals surface area contributed by atoms with E-state index in [4.69, 9.17) is 14.2 Å². The summed E-state index contributed by atoms with van der Waals surface area (Å²) in [4.78, 5) is 26.9. The Kier molecular flexibility index (Phi) is 6.70. The number of pyridine rings is 1. The first-order valence-corrected chi connectivity index (χ1v) is 12.7. The molecule has 2 aliphatic rings. The van der Waals surface area contributed by atoms with Crippen molar-refractivity contribution in [2.24, 2.45) is 0 Å². The highest BCUT2D eigenvalue weighted by Crippen LogP contribution is 2.38. The smallest absolute Gasteiger partial charge is 0.410 e. The fourth-order valence-corrected chi connectivity index (χ4v) is 4.44. The van der Waals surface area contributed by atoms with Gasteiger partial charge >= 0.3 is 6.09 Å². The average Bonchev–Trinajstić information content (AvgIpc) is 3.31. The maximum absolute atomic E-state index is 15.0. The largest absolute Gasteiger partial charge is 0.484 e. The zero-order valence-electron chi connectivity index (χ0n) is 21.9. The van der Waals surface area contributed by atoms with Crippen LogP contribution in [0.4, 0.5) is 25.1 Å². The van der Waals surface area contributed by atoms with E-state index in [-0.39, 0.29) is 29.5 Å². The molecule has 1 aromatic carbocycles. The van der Waals surface area contributed by atoms with Gasteiger partial charge < -0.3 is 24.4 Å². The number of amides is 1. The molecule has 1 saturated carbocycles. The van der Waals surface area contributed by atoms with E-state index in [0.717, 1.165) is 19.3 Å². The third-order valence-corrected chi connectivity index (χ3v) is 6.61. The summed E-state index contributed by atoms with van der Waals surface area (Å²) in [7, 11) is 0. The van der Waals surface area contributed by atoms with Crippen molar-refractivity contribution >= 4 is 28.6 Å². The van der Waals surface area contributed by atoms with Crippen LogP contribution in [0.3, 0.4) is 0 Å². The van der Waals surface area contributed by atoms with Crippen molar-refractivity contribution in [3.8, 4) is 11.6 Å². The molecule has 2 aromatic heterocycles. The van der Waals surface area contributed by atoms with Gasteiger partial charge in [-0.25, -0.2) is 24.1 Å². The van der Waals surface area contributed by atoms with Crippen LogP contribution in [0.5, 0.6) is 11.6 Å². The number of carbonyl (C=O) groups is 1. The standard InChI is InChI=1S/C27H31F2N5O4/c1-26(2,3)38-25(35)34-13-10-16(14-34)36-20-9-7-18-23(33-20)24(31-15-30-18)32-17-6-8-19(22(29)21(17)28)37-27(4)11-5-12-27/h6-9,15-16H,5,10-14H2,1-4H3,(H,30,31,32)/t16-/m0/s1. The molecule has 0 unspecified atom stereocenters. The van der Waals surface area contributed by atoms with Crippen LogP contribution in [-0.2, 0) is 4.74 Å². The third kappa shape index (κ3) is 5.56. The summed E-state index contributed by atoms with van der Waals surface area (Å²) in [5.41, 5.74) is -0.326. The Morgan fingerprint density at radius 3 is 2.63 bits per heavy atom. The van der Waals surface area contributed by atoms with Gasteiger partial charge in [0.25, 0.3) is 0 Å².